The van der Waals surface area contributed by atoms with Gasteiger partial charge in [0, 0.05) is 23.5 Å². The van der Waals surface area contributed by atoms with Crippen LogP contribution in [0, 0.1) is 13.8 Å². The molecule has 0 saturated heterocycles. The zero-order valence-electron chi connectivity index (χ0n) is 15.7. The molecule has 1 aromatic carbocycles. The summed E-state index contributed by atoms with van der Waals surface area (Å²) in [5.41, 5.74) is 9.02. The molecule has 0 saturated carbocycles. The highest BCUT2D eigenvalue weighted by molar-refractivity contribution is 5.73. The fourth-order valence-corrected chi connectivity index (χ4v) is 3.39. The first-order chi connectivity index (χ1) is 12.5. The van der Waals surface area contributed by atoms with Crippen molar-refractivity contribution in [2.75, 3.05) is 0 Å². The van der Waals surface area contributed by atoms with Crippen molar-refractivity contribution in [2.24, 2.45) is 0 Å². The van der Waals surface area contributed by atoms with Gasteiger partial charge < -0.3 is 4.40 Å². The topological polar surface area (TPSA) is 30.2 Å². The minimum atomic E-state index is 0.380. The predicted octanol–water partition coefficient (Wildman–Crippen LogP) is 5.80. The molecular weight excluding hydrogens is 318 g/mol. The highest BCUT2D eigenvalue weighted by Gasteiger charge is 2.17. The van der Waals surface area contributed by atoms with Crippen molar-refractivity contribution >= 4 is 5.65 Å². The highest BCUT2D eigenvalue weighted by Crippen LogP contribution is 2.32. The van der Waals surface area contributed by atoms with Crippen molar-refractivity contribution in [1.29, 1.82) is 0 Å². The van der Waals surface area contributed by atoms with Gasteiger partial charge in [0.15, 0.2) is 0 Å². The van der Waals surface area contributed by atoms with Crippen LogP contribution < -0.4 is 0 Å². The zero-order valence-corrected chi connectivity index (χ0v) is 15.7. The van der Waals surface area contributed by atoms with E-state index in [2.05, 4.69) is 85.7 Å². The summed E-state index contributed by atoms with van der Waals surface area (Å²) in [5.74, 6) is 0.380. The molecule has 0 unspecified atom stereocenters. The lowest BCUT2D eigenvalue weighted by molar-refractivity contribution is 0.811. The van der Waals surface area contributed by atoms with Crippen LogP contribution >= 0.6 is 0 Å². The van der Waals surface area contributed by atoms with E-state index < -0.39 is 0 Å². The number of aryl methyl sites for hydroxylation is 2. The SMILES string of the molecule is Cc1cnc(-c2cccc(-c3nc4ccccn4c3C(C)C)c2)cc1C. The van der Waals surface area contributed by atoms with Crippen LogP contribution in [0.2, 0.25) is 0 Å². The molecule has 3 heterocycles. The number of fused-ring (bicyclic) bond motifs is 1. The van der Waals surface area contributed by atoms with E-state index in [0.29, 0.717) is 5.92 Å². The number of imidazole rings is 1. The second-order valence-electron chi connectivity index (χ2n) is 7.16. The Kier molecular flexibility index (Phi) is 4.08. The zero-order chi connectivity index (χ0) is 18.3. The highest BCUT2D eigenvalue weighted by atomic mass is 15.0. The summed E-state index contributed by atoms with van der Waals surface area (Å²) in [6, 6.07) is 16.8. The molecule has 0 aliphatic rings. The van der Waals surface area contributed by atoms with Crippen LogP contribution in [-0.2, 0) is 0 Å². The molecule has 0 amide bonds. The Morgan fingerprint density at radius 3 is 2.46 bits per heavy atom. The van der Waals surface area contributed by atoms with E-state index in [1.807, 2.05) is 12.3 Å². The maximum absolute atomic E-state index is 4.91. The smallest absolute Gasteiger partial charge is 0.137 e. The lowest BCUT2D eigenvalue weighted by Gasteiger charge is -2.10. The molecule has 3 nitrogen and oxygen atoms in total. The number of rotatable bonds is 3. The van der Waals surface area contributed by atoms with Gasteiger partial charge in [0.05, 0.1) is 17.1 Å². The molecule has 3 heteroatoms. The summed E-state index contributed by atoms with van der Waals surface area (Å²) in [6.45, 7) is 8.65. The first kappa shape index (κ1) is 16.5. The maximum atomic E-state index is 4.91. The Balaban J connectivity index is 1.88. The first-order valence-corrected chi connectivity index (χ1v) is 9.05. The molecule has 0 bridgehead atoms. The van der Waals surface area contributed by atoms with E-state index in [1.165, 1.54) is 16.8 Å². The lowest BCUT2D eigenvalue weighted by atomic mass is 9.99. The maximum Gasteiger partial charge on any atom is 0.137 e. The third-order valence-corrected chi connectivity index (χ3v) is 4.92. The third-order valence-electron chi connectivity index (χ3n) is 4.92. The Bertz CT molecular complexity index is 1090. The van der Waals surface area contributed by atoms with Gasteiger partial charge in [0.25, 0.3) is 0 Å². The van der Waals surface area contributed by atoms with Crippen LogP contribution in [0.3, 0.4) is 0 Å². The molecule has 3 aromatic heterocycles. The van der Waals surface area contributed by atoms with E-state index >= 15 is 0 Å². The van der Waals surface area contributed by atoms with Gasteiger partial charge in [0.2, 0.25) is 0 Å². The standard InChI is InChI=1S/C23H23N3/c1-15(2)23-22(25-21-10-5-6-11-26(21)23)19-9-7-8-18(13-19)20-12-16(3)17(4)14-24-20/h5-15H,1-4H3. The Morgan fingerprint density at radius 1 is 0.885 bits per heavy atom. The molecule has 0 spiro atoms. The van der Waals surface area contributed by atoms with Crippen LogP contribution in [0.5, 0.6) is 0 Å². The minimum absolute atomic E-state index is 0.380. The molecule has 0 aliphatic heterocycles. The van der Waals surface area contributed by atoms with Crippen molar-refractivity contribution in [3.63, 3.8) is 0 Å². The molecule has 130 valence electrons. The Labute approximate surface area is 154 Å². The van der Waals surface area contributed by atoms with Gasteiger partial charge in [-0.2, -0.15) is 0 Å². The van der Waals surface area contributed by atoms with Gasteiger partial charge in [-0.1, -0.05) is 38.1 Å². The lowest BCUT2D eigenvalue weighted by Crippen LogP contribution is -1.97. The van der Waals surface area contributed by atoms with Crippen molar-refractivity contribution in [1.82, 2.24) is 14.4 Å². The summed E-state index contributed by atoms with van der Waals surface area (Å²) >= 11 is 0. The van der Waals surface area contributed by atoms with Crippen molar-refractivity contribution < 1.29 is 0 Å². The summed E-state index contributed by atoms with van der Waals surface area (Å²) < 4.78 is 2.20. The Hall–Kier alpha value is -2.94. The molecule has 0 N–H and O–H groups in total. The molecule has 4 aromatic rings. The van der Waals surface area contributed by atoms with Gasteiger partial charge >= 0.3 is 0 Å². The van der Waals surface area contributed by atoms with E-state index in [1.54, 1.807) is 0 Å². The number of hydrogen-bond acceptors (Lipinski definition) is 2. The van der Waals surface area contributed by atoms with Gasteiger partial charge in [0.1, 0.15) is 5.65 Å². The van der Waals surface area contributed by atoms with Crippen LogP contribution in [0.1, 0.15) is 36.6 Å². The molecule has 0 fully saturated rings. The van der Waals surface area contributed by atoms with Crippen LogP contribution in [0.15, 0.2) is 60.9 Å². The summed E-state index contributed by atoms with van der Waals surface area (Å²) in [5, 5.41) is 0. The van der Waals surface area contributed by atoms with E-state index in [4.69, 9.17) is 4.98 Å². The minimum Gasteiger partial charge on any atom is -0.303 e. The fraction of sp³-hybridized carbons (Fsp3) is 0.217. The molecule has 0 atom stereocenters. The number of pyridine rings is 2. The van der Waals surface area contributed by atoms with Crippen LogP contribution in [0.25, 0.3) is 28.2 Å². The third kappa shape index (κ3) is 2.80. The van der Waals surface area contributed by atoms with E-state index in [9.17, 15) is 0 Å². The number of benzene rings is 1. The molecular formula is C23H23N3. The van der Waals surface area contributed by atoms with Gasteiger partial charge in [-0.25, -0.2) is 4.98 Å². The van der Waals surface area contributed by atoms with Gasteiger partial charge in [-0.15, -0.1) is 0 Å². The number of hydrogen-bond donors (Lipinski definition) is 0. The summed E-state index contributed by atoms with van der Waals surface area (Å²) in [4.78, 5) is 9.53. The van der Waals surface area contributed by atoms with Crippen molar-refractivity contribution in [3.05, 3.63) is 77.7 Å². The van der Waals surface area contributed by atoms with Crippen molar-refractivity contribution in [3.8, 4) is 22.5 Å². The van der Waals surface area contributed by atoms with Crippen LogP contribution in [-0.4, -0.2) is 14.4 Å². The average Bonchev–Trinajstić information content (AvgIpc) is 3.04. The second kappa shape index (κ2) is 6.41. The molecule has 0 radical (unpaired) electrons. The fourth-order valence-electron chi connectivity index (χ4n) is 3.39. The van der Waals surface area contributed by atoms with Crippen molar-refractivity contribution in [2.45, 2.75) is 33.6 Å². The molecule has 0 aliphatic carbocycles. The quantitative estimate of drug-likeness (QED) is 0.471. The van der Waals surface area contributed by atoms with Crippen LogP contribution in [0.4, 0.5) is 0 Å². The predicted molar refractivity (Wildman–Crippen MR) is 107 cm³/mol. The van der Waals surface area contributed by atoms with Gasteiger partial charge in [-0.3, -0.25) is 4.98 Å². The largest absolute Gasteiger partial charge is 0.303 e. The summed E-state index contributed by atoms with van der Waals surface area (Å²) in [7, 11) is 0. The second-order valence-corrected chi connectivity index (χ2v) is 7.16. The van der Waals surface area contributed by atoms with E-state index in [-0.39, 0.29) is 0 Å². The number of aromatic nitrogens is 3. The molecule has 4 rings (SSSR count). The van der Waals surface area contributed by atoms with Gasteiger partial charge in [-0.05, 0) is 55.2 Å². The molecule has 26 heavy (non-hydrogen) atoms. The summed E-state index contributed by atoms with van der Waals surface area (Å²) in [6.07, 6.45) is 4.04. The Morgan fingerprint density at radius 2 is 1.69 bits per heavy atom. The average molecular weight is 341 g/mol. The first-order valence-electron chi connectivity index (χ1n) is 9.05. The number of nitrogens with zero attached hydrogens (tertiary/aromatic N) is 3. The monoisotopic (exact) mass is 341 g/mol. The van der Waals surface area contributed by atoms with E-state index in [0.717, 1.165) is 28.2 Å². The normalized spacial score (nSPS) is 11.4.